The van der Waals surface area contributed by atoms with Gasteiger partial charge in [0.05, 0.1) is 16.5 Å². The monoisotopic (exact) mass is 386 g/mol. The molecule has 5 nitrogen and oxygen atoms in total. The summed E-state index contributed by atoms with van der Waals surface area (Å²) < 4.78 is 13.4. The Morgan fingerprint density at radius 3 is 2.54 bits per heavy atom. The maximum absolute atomic E-state index is 13.4. The molecule has 1 amide bonds. The average Bonchev–Trinajstić information content (AvgIpc) is 3.38. The highest BCUT2D eigenvalue weighted by Gasteiger charge is 2.45. The molecule has 3 aromatic rings. The minimum Gasteiger partial charge on any atom is -0.503 e. The van der Waals surface area contributed by atoms with Crippen molar-refractivity contribution in [3.63, 3.8) is 0 Å². The fourth-order valence-electron chi connectivity index (χ4n) is 2.87. The molecule has 26 heavy (non-hydrogen) atoms. The van der Waals surface area contributed by atoms with Crippen molar-refractivity contribution in [3.8, 4) is 0 Å². The lowest BCUT2D eigenvalue weighted by Crippen LogP contribution is -2.30. The highest BCUT2D eigenvalue weighted by atomic mass is 32.1. The topological polar surface area (TPSA) is 70.5 Å². The van der Waals surface area contributed by atoms with Crippen LogP contribution in [-0.4, -0.2) is 21.8 Å². The zero-order chi connectivity index (χ0) is 18.3. The number of benzene rings is 1. The molecule has 8 heteroatoms. The molecular formula is C18H11FN2O3S2. The summed E-state index contributed by atoms with van der Waals surface area (Å²) in [5.74, 6) is -2.17. The Morgan fingerprint density at radius 2 is 1.92 bits per heavy atom. The largest absolute Gasteiger partial charge is 0.503 e. The first-order chi connectivity index (χ1) is 12.6. The number of anilines is 1. The summed E-state index contributed by atoms with van der Waals surface area (Å²) >= 11 is 2.43. The summed E-state index contributed by atoms with van der Waals surface area (Å²) in [6.45, 7) is 0. The molecule has 0 aliphatic carbocycles. The molecule has 0 fully saturated rings. The van der Waals surface area contributed by atoms with Crippen LogP contribution in [0.1, 0.15) is 21.3 Å². The number of carbonyl (C=O) groups excluding carboxylic acids is 2. The zero-order valence-corrected chi connectivity index (χ0v) is 14.8. The van der Waals surface area contributed by atoms with Crippen molar-refractivity contribution in [1.82, 2.24) is 4.98 Å². The molecule has 1 aliphatic rings. The van der Waals surface area contributed by atoms with Crippen molar-refractivity contribution < 1.29 is 19.1 Å². The molecular weight excluding hydrogens is 375 g/mol. The van der Waals surface area contributed by atoms with Gasteiger partial charge in [0, 0.05) is 11.6 Å². The fraction of sp³-hybridized carbons (Fsp3) is 0.0556. The molecule has 0 spiro atoms. The normalized spacial score (nSPS) is 17.2. The van der Waals surface area contributed by atoms with Crippen molar-refractivity contribution in [2.45, 2.75) is 6.04 Å². The van der Waals surface area contributed by atoms with Crippen molar-refractivity contribution in [3.05, 3.63) is 80.9 Å². The lowest BCUT2D eigenvalue weighted by atomic mass is 9.95. The van der Waals surface area contributed by atoms with Crippen LogP contribution in [0.15, 0.2) is 64.7 Å². The van der Waals surface area contributed by atoms with Crippen molar-refractivity contribution in [1.29, 1.82) is 0 Å². The van der Waals surface area contributed by atoms with Gasteiger partial charge in [-0.05, 0) is 29.1 Å². The SMILES string of the molecule is O=C(C1=C(O)C(=O)N(c2nccs2)[C@@H]1c1ccc(F)cc1)c1cccs1. The first kappa shape index (κ1) is 16.6. The predicted octanol–water partition coefficient (Wildman–Crippen LogP) is 4.13. The Balaban J connectivity index is 1.88. The summed E-state index contributed by atoms with van der Waals surface area (Å²) in [6.07, 6.45) is 1.53. The quantitative estimate of drug-likeness (QED) is 0.685. The second kappa shape index (κ2) is 6.47. The van der Waals surface area contributed by atoms with E-state index < -0.39 is 29.3 Å². The van der Waals surface area contributed by atoms with Gasteiger partial charge in [0.25, 0.3) is 5.91 Å². The Morgan fingerprint density at radius 1 is 1.15 bits per heavy atom. The molecule has 2 aromatic heterocycles. The third-order valence-electron chi connectivity index (χ3n) is 4.01. The number of aliphatic hydroxyl groups excluding tert-OH is 1. The van der Waals surface area contributed by atoms with Gasteiger partial charge >= 0.3 is 0 Å². The van der Waals surface area contributed by atoms with E-state index in [2.05, 4.69) is 4.98 Å². The highest BCUT2D eigenvalue weighted by Crippen LogP contribution is 2.42. The van der Waals surface area contributed by atoms with Gasteiger partial charge in [0.15, 0.2) is 10.9 Å². The van der Waals surface area contributed by atoms with E-state index in [1.54, 1.807) is 22.9 Å². The van der Waals surface area contributed by atoms with Gasteiger partial charge in [-0.3, -0.25) is 14.5 Å². The number of ketones is 1. The minimum absolute atomic E-state index is 0.0285. The summed E-state index contributed by atoms with van der Waals surface area (Å²) in [6, 6.07) is 7.97. The van der Waals surface area contributed by atoms with Crippen LogP contribution in [-0.2, 0) is 4.79 Å². The van der Waals surface area contributed by atoms with Crippen molar-refractivity contribution >= 4 is 39.5 Å². The number of carbonyl (C=O) groups is 2. The number of halogens is 1. The van der Waals surface area contributed by atoms with E-state index in [1.165, 1.54) is 58.0 Å². The summed E-state index contributed by atoms with van der Waals surface area (Å²) in [4.78, 5) is 31.5. The molecule has 130 valence electrons. The van der Waals surface area contributed by atoms with E-state index in [9.17, 15) is 19.1 Å². The molecule has 1 N–H and O–H groups in total. The zero-order valence-electron chi connectivity index (χ0n) is 13.1. The van der Waals surface area contributed by atoms with Crippen molar-refractivity contribution in [2.75, 3.05) is 4.90 Å². The lowest BCUT2D eigenvalue weighted by molar-refractivity contribution is -0.117. The van der Waals surface area contributed by atoms with Gasteiger partial charge in [0.1, 0.15) is 5.82 Å². The standard InChI is InChI=1S/C18H11FN2O3S2/c19-11-5-3-10(4-6-11)14-13(15(22)12-2-1-8-25-12)16(23)17(24)21(14)18-20-7-9-26-18/h1-9,14,23H/t14-/m1/s1. The van der Waals surface area contributed by atoms with E-state index in [-0.39, 0.29) is 5.57 Å². The van der Waals surface area contributed by atoms with E-state index in [1.807, 2.05) is 0 Å². The number of aromatic nitrogens is 1. The number of rotatable bonds is 4. The summed E-state index contributed by atoms with van der Waals surface area (Å²) in [5.41, 5.74) is 0.484. The third-order valence-corrected chi connectivity index (χ3v) is 5.65. The molecule has 3 heterocycles. The first-order valence-corrected chi connectivity index (χ1v) is 9.33. The average molecular weight is 386 g/mol. The second-order valence-electron chi connectivity index (χ2n) is 5.51. The highest BCUT2D eigenvalue weighted by molar-refractivity contribution is 7.14. The molecule has 0 unspecified atom stereocenters. The van der Waals surface area contributed by atoms with Gasteiger partial charge in [0.2, 0.25) is 5.78 Å². The lowest BCUT2D eigenvalue weighted by Gasteiger charge is -2.24. The minimum atomic E-state index is -0.871. The van der Waals surface area contributed by atoms with Gasteiger partial charge in [-0.25, -0.2) is 9.37 Å². The van der Waals surface area contributed by atoms with Crippen LogP contribution in [0.4, 0.5) is 9.52 Å². The second-order valence-corrected chi connectivity index (χ2v) is 7.33. The number of amides is 1. The number of thiazole rings is 1. The van der Waals surface area contributed by atoms with E-state index in [0.29, 0.717) is 15.6 Å². The molecule has 0 saturated carbocycles. The number of hydrogen-bond acceptors (Lipinski definition) is 6. The van der Waals surface area contributed by atoms with Crippen LogP contribution in [0.3, 0.4) is 0 Å². The first-order valence-electron chi connectivity index (χ1n) is 7.58. The third kappa shape index (κ3) is 2.63. The molecule has 4 rings (SSSR count). The number of nitrogens with zero attached hydrogens (tertiary/aromatic N) is 2. The number of Topliss-reactive ketones (excluding diaryl/α,β-unsaturated/α-hetero) is 1. The van der Waals surface area contributed by atoms with E-state index >= 15 is 0 Å². The van der Waals surface area contributed by atoms with Crippen LogP contribution in [0.5, 0.6) is 0 Å². The van der Waals surface area contributed by atoms with Crippen LogP contribution >= 0.6 is 22.7 Å². The Kier molecular flexibility index (Phi) is 4.14. The van der Waals surface area contributed by atoms with Gasteiger partial charge in [-0.1, -0.05) is 18.2 Å². The maximum atomic E-state index is 13.4. The molecule has 1 atom stereocenters. The van der Waals surface area contributed by atoms with Crippen molar-refractivity contribution in [2.24, 2.45) is 0 Å². The molecule has 1 aromatic carbocycles. The van der Waals surface area contributed by atoms with Gasteiger partial charge in [-0.2, -0.15) is 0 Å². The van der Waals surface area contributed by atoms with Crippen LogP contribution in [0, 0.1) is 5.82 Å². The van der Waals surface area contributed by atoms with Crippen LogP contribution in [0.2, 0.25) is 0 Å². The van der Waals surface area contributed by atoms with Crippen LogP contribution < -0.4 is 4.90 Å². The maximum Gasteiger partial charge on any atom is 0.296 e. The van der Waals surface area contributed by atoms with Crippen LogP contribution in [0.25, 0.3) is 0 Å². The number of thiophene rings is 1. The van der Waals surface area contributed by atoms with E-state index in [0.717, 1.165) is 0 Å². The number of hydrogen-bond donors (Lipinski definition) is 1. The Labute approximate surface area is 155 Å². The fourth-order valence-corrected chi connectivity index (χ4v) is 4.22. The summed E-state index contributed by atoms with van der Waals surface area (Å²) in [5, 5.41) is 14.2. The summed E-state index contributed by atoms with van der Waals surface area (Å²) in [7, 11) is 0. The van der Waals surface area contributed by atoms with Gasteiger partial charge in [-0.15, -0.1) is 22.7 Å². The molecule has 0 radical (unpaired) electrons. The molecule has 1 aliphatic heterocycles. The Hall–Kier alpha value is -2.84. The number of aliphatic hydroxyl groups is 1. The molecule has 0 bridgehead atoms. The van der Waals surface area contributed by atoms with Gasteiger partial charge < -0.3 is 5.11 Å². The smallest absolute Gasteiger partial charge is 0.296 e. The molecule has 0 saturated heterocycles. The Bertz CT molecular complexity index is 996. The predicted molar refractivity (Wildman–Crippen MR) is 97.0 cm³/mol. The van der Waals surface area contributed by atoms with E-state index in [4.69, 9.17) is 0 Å².